The van der Waals surface area contributed by atoms with E-state index in [0.29, 0.717) is 36.7 Å². The zero-order valence-electron chi connectivity index (χ0n) is 13.5. The number of hydrogen-bond donors (Lipinski definition) is 1. The third-order valence-electron chi connectivity index (χ3n) is 4.82. The molecule has 3 heterocycles. The zero-order valence-corrected chi connectivity index (χ0v) is 13.5. The van der Waals surface area contributed by atoms with E-state index in [0.717, 1.165) is 18.4 Å². The highest BCUT2D eigenvalue weighted by molar-refractivity contribution is 6.00. The van der Waals surface area contributed by atoms with Crippen molar-refractivity contribution in [2.75, 3.05) is 36.0 Å². The number of benzene rings is 1. The van der Waals surface area contributed by atoms with Crippen molar-refractivity contribution >= 4 is 28.1 Å². The van der Waals surface area contributed by atoms with Crippen LogP contribution in [0.5, 0.6) is 0 Å². The van der Waals surface area contributed by atoms with Crippen molar-refractivity contribution in [1.82, 2.24) is 10.2 Å². The number of fused-ring (bicyclic) bond motifs is 1. The molecule has 0 radical (unpaired) electrons. The van der Waals surface area contributed by atoms with Gasteiger partial charge in [-0.05, 0) is 12.5 Å². The second-order valence-corrected chi connectivity index (χ2v) is 6.56. The Morgan fingerprint density at radius 2 is 1.92 bits per heavy atom. The predicted molar refractivity (Wildman–Crippen MR) is 92.3 cm³/mol. The number of aromatic nitrogens is 2. The minimum absolute atomic E-state index is 0.0168. The first kappa shape index (κ1) is 15.5. The fraction of sp³-hybridized carbons (Fsp3) is 0.438. The van der Waals surface area contributed by atoms with E-state index in [9.17, 15) is 10.1 Å². The molecule has 4 rings (SSSR count). The zero-order chi connectivity index (χ0) is 17.6. The molecule has 0 bridgehead atoms. The lowest BCUT2D eigenvalue weighted by atomic mass is 10.0. The number of nitro groups is 1. The number of nitro benzene ring substituents is 1. The van der Waals surface area contributed by atoms with Crippen molar-refractivity contribution in [3.05, 3.63) is 28.3 Å². The first-order valence-electron chi connectivity index (χ1n) is 8.16. The molecule has 0 unspecified atom stereocenters. The smallest absolute Gasteiger partial charge is 0.270 e. The highest BCUT2D eigenvalue weighted by Gasteiger charge is 2.31. The van der Waals surface area contributed by atoms with Crippen molar-refractivity contribution in [2.24, 2.45) is 11.7 Å². The van der Waals surface area contributed by atoms with E-state index >= 15 is 0 Å². The topological polar surface area (TPSA) is 125 Å². The summed E-state index contributed by atoms with van der Waals surface area (Å²) in [6, 6.07) is 7.07. The molecule has 1 aromatic heterocycles. The Morgan fingerprint density at radius 3 is 2.52 bits per heavy atom. The maximum atomic E-state index is 11.2. The molecule has 2 saturated heterocycles. The van der Waals surface area contributed by atoms with Crippen LogP contribution < -0.4 is 15.5 Å². The van der Waals surface area contributed by atoms with Crippen LogP contribution in [0.4, 0.5) is 17.3 Å². The minimum Gasteiger partial charge on any atom is -0.353 e. The Kier molecular flexibility index (Phi) is 3.62. The first-order chi connectivity index (χ1) is 12.1. The molecule has 0 saturated carbocycles. The van der Waals surface area contributed by atoms with E-state index in [1.54, 1.807) is 12.1 Å². The molecular weight excluding hydrogens is 322 g/mol. The minimum atomic E-state index is -0.413. The van der Waals surface area contributed by atoms with E-state index in [4.69, 9.17) is 11.0 Å². The number of anilines is 2. The van der Waals surface area contributed by atoms with Gasteiger partial charge < -0.3 is 15.5 Å². The van der Waals surface area contributed by atoms with Gasteiger partial charge in [0.25, 0.3) is 5.69 Å². The molecule has 25 heavy (non-hydrogen) atoms. The molecule has 0 aliphatic carbocycles. The second kappa shape index (κ2) is 5.82. The van der Waals surface area contributed by atoms with E-state index in [-0.39, 0.29) is 17.6 Å². The summed E-state index contributed by atoms with van der Waals surface area (Å²) in [6.07, 6.45) is 0.883. The molecule has 2 aliphatic heterocycles. The van der Waals surface area contributed by atoms with Crippen molar-refractivity contribution in [1.29, 1.82) is 5.26 Å². The predicted octanol–water partition coefficient (Wildman–Crippen LogP) is 1.04. The molecule has 2 aliphatic rings. The average molecular weight is 339 g/mol. The third-order valence-corrected chi connectivity index (χ3v) is 4.82. The van der Waals surface area contributed by atoms with Gasteiger partial charge in [0.05, 0.1) is 16.9 Å². The molecule has 1 atom stereocenters. The van der Waals surface area contributed by atoms with Gasteiger partial charge in [0, 0.05) is 55.1 Å². The fourth-order valence-electron chi connectivity index (χ4n) is 3.41. The molecule has 1 aromatic carbocycles. The van der Waals surface area contributed by atoms with Crippen LogP contribution in [-0.2, 0) is 0 Å². The normalized spacial score (nSPS) is 20.6. The first-order valence-corrected chi connectivity index (χ1v) is 8.16. The van der Waals surface area contributed by atoms with Crippen molar-refractivity contribution in [3.8, 4) is 6.07 Å². The fourth-order valence-corrected chi connectivity index (χ4v) is 3.41. The van der Waals surface area contributed by atoms with Gasteiger partial charge in [-0.3, -0.25) is 10.1 Å². The summed E-state index contributed by atoms with van der Waals surface area (Å²) in [5, 5.41) is 30.4. The lowest BCUT2D eigenvalue weighted by Crippen LogP contribution is -2.46. The molecule has 9 heteroatoms. The van der Waals surface area contributed by atoms with Crippen LogP contribution in [-0.4, -0.2) is 47.3 Å². The summed E-state index contributed by atoms with van der Waals surface area (Å²) in [7, 11) is 0. The van der Waals surface area contributed by atoms with Gasteiger partial charge in [0.2, 0.25) is 0 Å². The summed E-state index contributed by atoms with van der Waals surface area (Å²) in [4.78, 5) is 14.8. The lowest BCUT2D eigenvalue weighted by Gasteiger charge is -2.36. The van der Waals surface area contributed by atoms with Gasteiger partial charge in [-0.15, -0.1) is 10.2 Å². The summed E-state index contributed by atoms with van der Waals surface area (Å²) in [5.41, 5.74) is 6.01. The summed E-state index contributed by atoms with van der Waals surface area (Å²) >= 11 is 0. The van der Waals surface area contributed by atoms with Crippen LogP contribution in [0.15, 0.2) is 18.2 Å². The number of hydrogen-bond acceptors (Lipinski definition) is 8. The van der Waals surface area contributed by atoms with Crippen molar-refractivity contribution in [2.45, 2.75) is 12.5 Å². The van der Waals surface area contributed by atoms with Gasteiger partial charge in [-0.2, -0.15) is 5.26 Å². The Morgan fingerprint density at radius 1 is 1.20 bits per heavy atom. The molecule has 0 amide bonds. The van der Waals surface area contributed by atoms with Crippen molar-refractivity contribution < 1.29 is 4.92 Å². The number of rotatable bonds is 3. The van der Waals surface area contributed by atoms with E-state index in [1.807, 2.05) is 4.90 Å². The molecule has 2 fully saturated rings. The average Bonchev–Trinajstić information content (AvgIpc) is 2.99. The summed E-state index contributed by atoms with van der Waals surface area (Å²) < 4.78 is 0. The Balaban J connectivity index is 1.81. The Bertz CT molecular complexity index is 888. The van der Waals surface area contributed by atoms with Gasteiger partial charge in [-0.1, -0.05) is 0 Å². The monoisotopic (exact) mass is 339 g/mol. The number of nitrogens with zero attached hydrogens (tertiary/aromatic N) is 6. The van der Waals surface area contributed by atoms with Crippen LogP contribution in [0, 0.1) is 27.4 Å². The van der Waals surface area contributed by atoms with Gasteiger partial charge in [-0.25, -0.2) is 0 Å². The maximum absolute atomic E-state index is 11.2. The maximum Gasteiger partial charge on any atom is 0.270 e. The van der Waals surface area contributed by atoms with Gasteiger partial charge in [0.1, 0.15) is 0 Å². The molecule has 128 valence electrons. The van der Waals surface area contributed by atoms with E-state index in [2.05, 4.69) is 21.2 Å². The van der Waals surface area contributed by atoms with Crippen LogP contribution in [0.3, 0.4) is 0 Å². The Hall–Kier alpha value is -2.99. The third kappa shape index (κ3) is 2.60. The molecular formula is C16H17N7O2. The van der Waals surface area contributed by atoms with Crippen LogP contribution >= 0.6 is 0 Å². The van der Waals surface area contributed by atoms with Crippen LogP contribution in [0.2, 0.25) is 0 Å². The quantitative estimate of drug-likeness (QED) is 0.649. The standard InChI is InChI=1S/C16H17N7O2/c17-6-10-7-22(8-10)16-14-5-12(23(24)25)1-2-13(14)15(19-20-16)21-4-3-11(18)9-21/h1-2,5,10-11H,3-4,7-9,18H2/t11-/m1/s1. The van der Waals surface area contributed by atoms with Gasteiger partial charge >= 0.3 is 0 Å². The number of nitriles is 1. The summed E-state index contributed by atoms with van der Waals surface area (Å²) in [5.74, 6) is 1.27. The summed E-state index contributed by atoms with van der Waals surface area (Å²) in [6.45, 7) is 2.62. The highest BCUT2D eigenvalue weighted by atomic mass is 16.6. The highest BCUT2D eigenvalue weighted by Crippen LogP contribution is 2.36. The van der Waals surface area contributed by atoms with Crippen molar-refractivity contribution in [3.63, 3.8) is 0 Å². The van der Waals surface area contributed by atoms with E-state index < -0.39 is 4.92 Å². The molecule has 2 N–H and O–H groups in total. The SMILES string of the molecule is N#CC1CN(c2nnc(N3CC[C@@H](N)C3)c3ccc([N+](=O)[O-])cc23)C1. The molecule has 2 aromatic rings. The molecule has 9 nitrogen and oxygen atoms in total. The van der Waals surface area contributed by atoms with Crippen LogP contribution in [0.1, 0.15) is 6.42 Å². The second-order valence-electron chi connectivity index (χ2n) is 6.56. The largest absolute Gasteiger partial charge is 0.353 e. The van der Waals surface area contributed by atoms with E-state index in [1.165, 1.54) is 6.07 Å². The van der Waals surface area contributed by atoms with Crippen LogP contribution in [0.25, 0.3) is 10.8 Å². The lowest BCUT2D eigenvalue weighted by molar-refractivity contribution is -0.384. The Labute approximate surface area is 143 Å². The number of non-ortho nitro benzene ring substituents is 1. The molecule has 0 spiro atoms. The van der Waals surface area contributed by atoms with Gasteiger partial charge in [0.15, 0.2) is 11.6 Å². The number of nitrogens with two attached hydrogens (primary N) is 1.